The zero-order valence-corrected chi connectivity index (χ0v) is 12.4. The molecule has 2 fully saturated rings. The number of fused-ring (bicyclic) bond motifs is 1. The van der Waals surface area contributed by atoms with E-state index in [0.29, 0.717) is 25.0 Å². The Labute approximate surface area is 120 Å². The zero-order chi connectivity index (χ0) is 14.5. The van der Waals surface area contributed by atoms with Crippen LogP contribution in [0.2, 0.25) is 0 Å². The summed E-state index contributed by atoms with van der Waals surface area (Å²) in [5.41, 5.74) is 0. The van der Waals surface area contributed by atoms with Crippen LogP contribution in [0.25, 0.3) is 0 Å². The predicted octanol–water partition coefficient (Wildman–Crippen LogP) is 1.57. The lowest BCUT2D eigenvalue weighted by molar-refractivity contribution is -0.140. The SMILES string of the molecule is CN(CCC(=O)O)CC(=O)N1CCC[C@@H]2CCCC[C@H]21. The Morgan fingerprint density at radius 2 is 1.90 bits per heavy atom. The second-order valence-corrected chi connectivity index (χ2v) is 6.22. The maximum atomic E-state index is 12.4. The molecule has 5 nitrogen and oxygen atoms in total. The van der Waals surface area contributed by atoms with Crippen LogP contribution in [0.5, 0.6) is 0 Å². The van der Waals surface area contributed by atoms with Gasteiger partial charge >= 0.3 is 5.97 Å². The lowest BCUT2D eigenvalue weighted by atomic mass is 9.78. The Morgan fingerprint density at radius 3 is 2.65 bits per heavy atom. The summed E-state index contributed by atoms with van der Waals surface area (Å²) < 4.78 is 0. The lowest BCUT2D eigenvalue weighted by Crippen LogP contribution is -2.52. The Morgan fingerprint density at radius 1 is 1.20 bits per heavy atom. The molecule has 1 amide bonds. The molecular formula is C15H26N2O3. The fourth-order valence-corrected chi connectivity index (χ4v) is 3.62. The number of carbonyl (C=O) groups is 2. The highest BCUT2D eigenvalue weighted by Gasteiger charge is 2.35. The fraction of sp³-hybridized carbons (Fsp3) is 0.867. The molecule has 5 heteroatoms. The molecule has 0 aromatic heterocycles. The summed E-state index contributed by atoms with van der Waals surface area (Å²) in [6.07, 6.45) is 7.44. The number of carboxylic acids is 1. The van der Waals surface area contributed by atoms with Gasteiger partial charge in [0.2, 0.25) is 5.91 Å². The van der Waals surface area contributed by atoms with Gasteiger partial charge in [-0.1, -0.05) is 12.8 Å². The van der Waals surface area contributed by atoms with Crippen molar-refractivity contribution in [1.82, 2.24) is 9.80 Å². The van der Waals surface area contributed by atoms with Crippen LogP contribution in [0.15, 0.2) is 0 Å². The van der Waals surface area contributed by atoms with Crippen molar-refractivity contribution in [3.8, 4) is 0 Å². The minimum atomic E-state index is -0.811. The Hall–Kier alpha value is -1.10. The molecule has 0 unspecified atom stereocenters. The van der Waals surface area contributed by atoms with E-state index >= 15 is 0 Å². The van der Waals surface area contributed by atoms with Crippen molar-refractivity contribution < 1.29 is 14.7 Å². The molecular weight excluding hydrogens is 256 g/mol. The summed E-state index contributed by atoms with van der Waals surface area (Å²) >= 11 is 0. The van der Waals surface area contributed by atoms with Crippen molar-refractivity contribution in [2.45, 2.75) is 51.0 Å². The average molecular weight is 282 g/mol. The largest absolute Gasteiger partial charge is 0.481 e. The van der Waals surface area contributed by atoms with Crippen molar-refractivity contribution in [1.29, 1.82) is 0 Å². The molecule has 1 aliphatic heterocycles. The van der Waals surface area contributed by atoms with Crippen molar-refractivity contribution in [2.24, 2.45) is 5.92 Å². The van der Waals surface area contributed by atoms with Crippen molar-refractivity contribution >= 4 is 11.9 Å². The average Bonchev–Trinajstić information content (AvgIpc) is 2.44. The molecule has 1 heterocycles. The van der Waals surface area contributed by atoms with Gasteiger partial charge in [0.1, 0.15) is 0 Å². The first-order chi connectivity index (χ1) is 9.58. The van der Waals surface area contributed by atoms with Crippen LogP contribution >= 0.6 is 0 Å². The third-order valence-corrected chi connectivity index (χ3v) is 4.68. The predicted molar refractivity (Wildman–Crippen MR) is 76.4 cm³/mol. The molecule has 20 heavy (non-hydrogen) atoms. The van der Waals surface area contributed by atoms with Gasteiger partial charge in [-0.3, -0.25) is 14.5 Å². The molecule has 1 saturated heterocycles. The summed E-state index contributed by atoms with van der Waals surface area (Å²) in [7, 11) is 1.82. The van der Waals surface area contributed by atoms with E-state index in [-0.39, 0.29) is 12.3 Å². The van der Waals surface area contributed by atoms with Gasteiger partial charge in [-0.2, -0.15) is 0 Å². The van der Waals surface area contributed by atoms with Gasteiger partial charge in [-0.15, -0.1) is 0 Å². The van der Waals surface area contributed by atoms with E-state index in [1.165, 1.54) is 25.7 Å². The number of likely N-dealkylation sites (tertiary alicyclic amines) is 1. The quantitative estimate of drug-likeness (QED) is 0.831. The number of rotatable bonds is 5. The molecule has 1 saturated carbocycles. The van der Waals surface area contributed by atoms with Gasteiger partial charge in [-0.25, -0.2) is 0 Å². The van der Waals surface area contributed by atoms with Crippen LogP contribution in [0.3, 0.4) is 0 Å². The summed E-state index contributed by atoms with van der Waals surface area (Å²) in [6.45, 7) is 1.66. The van der Waals surface area contributed by atoms with Crippen LogP contribution in [0, 0.1) is 5.92 Å². The molecule has 0 bridgehead atoms. The minimum Gasteiger partial charge on any atom is -0.481 e. The Bertz CT molecular complexity index is 357. The monoisotopic (exact) mass is 282 g/mol. The van der Waals surface area contributed by atoms with Crippen molar-refractivity contribution in [3.63, 3.8) is 0 Å². The molecule has 0 radical (unpaired) electrons. The molecule has 1 aliphatic carbocycles. The number of nitrogens with zero attached hydrogens (tertiary/aromatic N) is 2. The molecule has 0 spiro atoms. The second-order valence-electron chi connectivity index (χ2n) is 6.22. The highest BCUT2D eigenvalue weighted by Crippen LogP contribution is 2.35. The van der Waals surface area contributed by atoms with E-state index in [1.54, 1.807) is 0 Å². The van der Waals surface area contributed by atoms with E-state index in [4.69, 9.17) is 5.11 Å². The third kappa shape index (κ3) is 3.95. The number of hydrogen-bond donors (Lipinski definition) is 1. The van der Waals surface area contributed by atoms with Gasteiger partial charge < -0.3 is 10.0 Å². The van der Waals surface area contributed by atoms with Crippen LogP contribution < -0.4 is 0 Å². The van der Waals surface area contributed by atoms with Gasteiger partial charge in [0, 0.05) is 19.1 Å². The van der Waals surface area contributed by atoms with Gasteiger partial charge in [0.15, 0.2) is 0 Å². The molecule has 1 N–H and O–H groups in total. The zero-order valence-electron chi connectivity index (χ0n) is 12.4. The van der Waals surface area contributed by atoms with Crippen LogP contribution in [0.4, 0.5) is 0 Å². The fourth-order valence-electron chi connectivity index (χ4n) is 3.62. The number of carboxylic acid groups (broad SMARTS) is 1. The van der Waals surface area contributed by atoms with Crippen LogP contribution in [-0.4, -0.2) is 59.5 Å². The smallest absolute Gasteiger partial charge is 0.304 e. The molecule has 114 valence electrons. The van der Waals surface area contributed by atoms with Gasteiger partial charge in [0.05, 0.1) is 13.0 Å². The molecule has 2 rings (SSSR count). The van der Waals surface area contributed by atoms with Crippen molar-refractivity contribution in [3.05, 3.63) is 0 Å². The van der Waals surface area contributed by atoms with Gasteiger partial charge in [-0.05, 0) is 38.6 Å². The first-order valence-electron chi connectivity index (χ1n) is 7.77. The molecule has 0 aromatic carbocycles. The minimum absolute atomic E-state index is 0.0931. The first kappa shape index (κ1) is 15.3. The van der Waals surface area contributed by atoms with Crippen LogP contribution in [0.1, 0.15) is 44.9 Å². The van der Waals surface area contributed by atoms with E-state index in [1.807, 2.05) is 11.9 Å². The molecule has 2 aliphatic rings. The molecule has 2 atom stereocenters. The number of piperidine rings is 1. The van der Waals surface area contributed by atoms with Crippen molar-refractivity contribution in [2.75, 3.05) is 26.7 Å². The Kier molecular flexibility index (Phi) is 5.40. The summed E-state index contributed by atoms with van der Waals surface area (Å²) in [5, 5.41) is 8.68. The van der Waals surface area contributed by atoms with E-state index in [2.05, 4.69) is 4.90 Å². The second kappa shape index (κ2) is 7.07. The highest BCUT2D eigenvalue weighted by molar-refractivity contribution is 5.78. The number of carbonyl (C=O) groups excluding carboxylic acids is 1. The Balaban J connectivity index is 1.85. The number of hydrogen-bond acceptors (Lipinski definition) is 3. The maximum Gasteiger partial charge on any atom is 0.304 e. The highest BCUT2D eigenvalue weighted by atomic mass is 16.4. The number of aliphatic carboxylic acids is 1. The number of amides is 1. The maximum absolute atomic E-state index is 12.4. The van der Waals surface area contributed by atoms with E-state index < -0.39 is 5.97 Å². The summed E-state index contributed by atoms with van der Waals surface area (Å²) in [6, 6.07) is 0.442. The first-order valence-corrected chi connectivity index (χ1v) is 7.77. The standard InChI is InChI=1S/C15H26N2O3/c1-16(10-8-15(19)20)11-14(18)17-9-4-6-12-5-2-3-7-13(12)17/h12-13H,2-11H2,1H3,(H,19,20)/t12-,13+/m0/s1. The third-order valence-electron chi connectivity index (χ3n) is 4.68. The summed E-state index contributed by atoms with van der Waals surface area (Å²) in [5.74, 6) is 0.0647. The van der Waals surface area contributed by atoms with E-state index in [0.717, 1.165) is 19.4 Å². The summed E-state index contributed by atoms with van der Waals surface area (Å²) in [4.78, 5) is 26.9. The van der Waals surface area contributed by atoms with Crippen LogP contribution in [-0.2, 0) is 9.59 Å². The molecule has 0 aromatic rings. The lowest BCUT2D eigenvalue weighted by Gasteiger charge is -2.44. The van der Waals surface area contributed by atoms with Gasteiger partial charge in [0.25, 0.3) is 0 Å². The normalized spacial score (nSPS) is 26.4. The van der Waals surface area contributed by atoms with E-state index in [9.17, 15) is 9.59 Å². The topological polar surface area (TPSA) is 60.9 Å². The number of likely N-dealkylation sites (N-methyl/N-ethyl adjacent to an activating group) is 1.